The molecule has 1 N–H and O–H groups in total. The molecule has 0 radical (unpaired) electrons. The summed E-state index contributed by atoms with van der Waals surface area (Å²) in [6, 6.07) is 1.98. The lowest BCUT2D eigenvalue weighted by Gasteiger charge is -1.97. The predicted octanol–water partition coefficient (Wildman–Crippen LogP) is 3.31. The fraction of sp³-hybridized carbons (Fsp3) is 0.273. The molecular formula is C11H10F2N2OS. The number of hydrogen-bond donors (Lipinski definition) is 1. The molecule has 17 heavy (non-hydrogen) atoms. The van der Waals surface area contributed by atoms with E-state index in [1.807, 2.05) is 6.92 Å². The lowest BCUT2D eigenvalue weighted by Crippen LogP contribution is -2.10. The van der Waals surface area contributed by atoms with Crippen LogP contribution in [0.3, 0.4) is 0 Å². The van der Waals surface area contributed by atoms with E-state index in [2.05, 4.69) is 10.3 Å². The van der Waals surface area contributed by atoms with Crippen LogP contribution in [-0.2, 0) is 4.79 Å². The number of fused-ring (bicyclic) bond motifs is 1. The molecule has 1 amide bonds. The van der Waals surface area contributed by atoms with Gasteiger partial charge in [0.2, 0.25) is 5.91 Å². The number of carbonyl (C=O) groups is 1. The van der Waals surface area contributed by atoms with Gasteiger partial charge in [-0.25, -0.2) is 13.8 Å². The number of nitrogens with one attached hydrogen (secondary N) is 1. The number of hydrogen-bond acceptors (Lipinski definition) is 3. The quantitative estimate of drug-likeness (QED) is 0.915. The Bertz CT molecular complexity index is 568. The summed E-state index contributed by atoms with van der Waals surface area (Å²) >= 11 is 1.06. The standard InChI is InChI=1S/C11H10F2N2OS/c1-2-3-9(16)14-11-15-10-7(13)4-6(12)5-8(10)17-11/h4-5H,2-3H2,1H3,(H,14,15,16). The monoisotopic (exact) mass is 256 g/mol. The summed E-state index contributed by atoms with van der Waals surface area (Å²) in [5.74, 6) is -1.54. The highest BCUT2D eigenvalue weighted by Gasteiger charge is 2.11. The van der Waals surface area contributed by atoms with Crippen molar-refractivity contribution < 1.29 is 13.6 Å². The Morgan fingerprint density at radius 2 is 2.24 bits per heavy atom. The first-order chi connectivity index (χ1) is 8.10. The van der Waals surface area contributed by atoms with Crippen molar-refractivity contribution in [1.82, 2.24) is 4.98 Å². The van der Waals surface area contributed by atoms with Crippen molar-refractivity contribution in [3.05, 3.63) is 23.8 Å². The van der Waals surface area contributed by atoms with Crippen LogP contribution in [0, 0.1) is 11.6 Å². The van der Waals surface area contributed by atoms with Crippen molar-refractivity contribution in [2.24, 2.45) is 0 Å². The Balaban J connectivity index is 2.32. The zero-order chi connectivity index (χ0) is 12.4. The van der Waals surface area contributed by atoms with Crippen molar-refractivity contribution in [3.63, 3.8) is 0 Å². The van der Waals surface area contributed by atoms with Gasteiger partial charge in [-0.1, -0.05) is 18.3 Å². The van der Waals surface area contributed by atoms with Gasteiger partial charge in [0, 0.05) is 12.5 Å². The fourth-order valence-corrected chi connectivity index (χ4v) is 2.34. The molecule has 2 rings (SSSR count). The Hall–Kier alpha value is -1.56. The number of carbonyl (C=O) groups excluding carboxylic acids is 1. The lowest BCUT2D eigenvalue weighted by molar-refractivity contribution is -0.116. The minimum Gasteiger partial charge on any atom is -0.302 e. The van der Waals surface area contributed by atoms with Gasteiger partial charge in [0.05, 0.1) is 4.70 Å². The molecule has 0 unspecified atom stereocenters. The van der Waals surface area contributed by atoms with Gasteiger partial charge < -0.3 is 5.32 Å². The maximum atomic E-state index is 13.3. The number of nitrogens with zero attached hydrogens (tertiary/aromatic N) is 1. The van der Waals surface area contributed by atoms with E-state index < -0.39 is 11.6 Å². The summed E-state index contributed by atoms with van der Waals surface area (Å²) in [7, 11) is 0. The maximum Gasteiger partial charge on any atom is 0.226 e. The predicted molar refractivity (Wildman–Crippen MR) is 63.1 cm³/mol. The Morgan fingerprint density at radius 3 is 2.94 bits per heavy atom. The molecule has 1 aromatic carbocycles. The van der Waals surface area contributed by atoms with E-state index in [1.165, 1.54) is 6.07 Å². The molecule has 6 heteroatoms. The van der Waals surface area contributed by atoms with Gasteiger partial charge in [0.25, 0.3) is 0 Å². The first kappa shape index (κ1) is 11.9. The van der Waals surface area contributed by atoms with E-state index in [1.54, 1.807) is 0 Å². The van der Waals surface area contributed by atoms with Crippen LogP contribution in [0.15, 0.2) is 12.1 Å². The normalized spacial score (nSPS) is 10.8. The summed E-state index contributed by atoms with van der Waals surface area (Å²) in [6.45, 7) is 1.88. The lowest BCUT2D eigenvalue weighted by atomic mass is 10.3. The summed E-state index contributed by atoms with van der Waals surface area (Å²) in [4.78, 5) is 15.2. The van der Waals surface area contributed by atoms with Gasteiger partial charge in [-0.2, -0.15) is 0 Å². The van der Waals surface area contributed by atoms with Gasteiger partial charge >= 0.3 is 0 Å². The Morgan fingerprint density at radius 1 is 1.47 bits per heavy atom. The Labute approximate surface area is 100 Å². The largest absolute Gasteiger partial charge is 0.302 e. The minimum atomic E-state index is -0.716. The third-order valence-electron chi connectivity index (χ3n) is 2.14. The van der Waals surface area contributed by atoms with Crippen LogP contribution in [0.5, 0.6) is 0 Å². The average molecular weight is 256 g/mol. The molecule has 3 nitrogen and oxygen atoms in total. The van der Waals surface area contributed by atoms with E-state index in [9.17, 15) is 13.6 Å². The number of halogens is 2. The number of thiazole rings is 1. The van der Waals surface area contributed by atoms with Crippen LogP contribution >= 0.6 is 11.3 Å². The molecule has 1 aromatic heterocycles. The second-order valence-electron chi connectivity index (χ2n) is 3.55. The molecule has 0 bridgehead atoms. The molecule has 0 aliphatic rings. The molecule has 0 aliphatic carbocycles. The van der Waals surface area contributed by atoms with E-state index in [0.29, 0.717) is 16.3 Å². The molecule has 0 aliphatic heterocycles. The van der Waals surface area contributed by atoms with E-state index in [0.717, 1.165) is 23.8 Å². The highest BCUT2D eigenvalue weighted by molar-refractivity contribution is 7.22. The highest BCUT2D eigenvalue weighted by Crippen LogP contribution is 2.28. The van der Waals surface area contributed by atoms with Gasteiger partial charge in [-0.3, -0.25) is 4.79 Å². The minimum absolute atomic E-state index is 0.0863. The average Bonchev–Trinajstić information content (AvgIpc) is 2.60. The topological polar surface area (TPSA) is 42.0 Å². The van der Waals surface area contributed by atoms with Crippen molar-refractivity contribution >= 4 is 32.6 Å². The molecule has 0 spiro atoms. The third kappa shape index (κ3) is 2.58. The summed E-state index contributed by atoms with van der Waals surface area (Å²) < 4.78 is 26.7. The smallest absolute Gasteiger partial charge is 0.226 e. The van der Waals surface area contributed by atoms with E-state index >= 15 is 0 Å². The van der Waals surface area contributed by atoms with Gasteiger partial charge in [0.15, 0.2) is 10.9 Å². The molecule has 1 heterocycles. The zero-order valence-corrected chi connectivity index (χ0v) is 9.91. The molecule has 2 aromatic rings. The van der Waals surface area contributed by atoms with Crippen molar-refractivity contribution in [1.29, 1.82) is 0 Å². The van der Waals surface area contributed by atoms with Crippen LogP contribution < -0.4 is 5.32 Å². The van der Waals surface area contributed by atoms with Crippen LogP contribution in [0.2, 0.25) is 0 Å². The SMILES string of the molecule is CCCC(=O)Nc1nc2c(F)cc(F)cc2s1. The van der Waals surface area contributed by atoms with Crippen molar-refractivity contribution in [2.45, 2.75) is 19.8 Å². The maximum absolute atomic E-state index is 13.3. The van der Waals surface area contributed by atoms with Crippen LogP contribution in [0.1, 0.15) is 19.8 Å². The van der Waals surface area contributed by atoms with Crippen LogP contribution in [-0.4, -0.2) is 10.9 Å². The molecular weight excluding hydrogens is 246 g/mol. The first-order valence-corrected chi connectivity index (χ1v) is 5.97. The van der Waals surface area contributed by atoms with E-state index in [-0.39, 0.29) is 11.4 Å². The zero-order valence-electron chi connectivity index (χ0n) is 9.09. The molecule has 0 saturated heterocycles. The fourth-order valence-electron chi connectivity index (χ4n) is 1.42. The van der Waals surface area contributed by atoms with Gasteiger partial charge in [-0.05, 0) is 12.5 Å². The van der Waals surface area contributed by atoms with Crippen molar-refractivity contribution in [2.75, 3.05) is 5.32 Å². The molecule has 0 atom stereocenters. The van der Waals surface area contributed by atoms with Gasteiger partial charge in [0.1, 0.15) is 11.3 Å². The first-order valence-electron chi connectivity index (χ1n) is 5.15. The summed E-state index contributed by atoms with van der Waals surface area (Å²) in [6.07, 6.45) is 1.10. The summed E-state index contributed by atoms with van der Waals surface area (Å²) in [5, 5.41) is 2.85. The van der Waals surface area contributed by atoms with Gasteiger partial charge in [-0.15, -0.1) is 0 Å². The van der Waals surface area contributed by atoms with Crippen LogP contribution in [0.25, 0.3) is 10.2 Å². The highest BCUT2D eigenvalue weighted by atomic mass is 32.1. The summed E-state index contributed by atoms with van der Waals surface area (Å²) in [5.41, 5.74) is 0.0863. The van der Waals surface area contributed by atoms with E-state index in [4.69, 9.17) is 0 Å². The number of benzene rings is 1. The molecule has 0 fully saturated rings. The second-order valence-corrected chi connectivity index (χ2v) is 4.58. The van der Waals surface area contributed by atoms with Crippen LogP contribution in [0.4, 0.5) is 13.9 Å². The number of anilines is 1. The second kappa shape index (κ2) is 4.75. The number of rotatable bonds is 3. The third-order valence-corrected chi connectivity index (χ3v) is 3.05. The Kier molecular flexibility index (Phi) is 3.33. The number of amides is 1. The molecule has 0 saturated carbocycles. The molecule has 90 valence electrons. The number of aromatic nitrogens is 1. The van der Waals surface area contributed by atoms with Crippen molar-refractivity contribution in [3.8, 4) is 0 Å².